The number of nitrogens with one attached hydrogen (secondary N) is 1. The molecule has 27 heavy (non-hydrogen) atoms. The van der Waals surface area contributed by atoms with Gasteiger partial charge in [0.05, 0.1) is 28.5 Å². The average molecular weight is 386 g/mol. The summed E-state index contributed by atoms with van der Waals surface area (Å²) in [6, 6.07) is 8.10. The van der Waals surface area contributed by atoms with Crippen molar-refractivity contribution in [3.05, 3.63) is 51.7 Å². The number of aromatic amines is 1. The van der Waals surface area contributed by atoms with Gasteiger partial charge in [-0.2, -0.15) is 5.10 Å². The third kappa shape index (κ3) is 3.34. The molecule has 1 fully saturated rings. The second-order valence-corrected chi connectivity index (χ2v) is 8.51. The number of aromatic nitrogens is 4. The minimum absolute atomic E-state index is 0.235. The Bertz CT molecular complexity index is 992. The summed E-state index contributed by atoms with van der Waals surface area (Å²) in [6.45, 7) is 7.47. The summed E-state index contributed by atoms with van der Waals surface area (Å²) in [4.78, 5) is 22.9. The Morgan fingerprint density at radius 1 is 1.19 bits per heavy atom. The van der Waals surface area contributed by atoms with E-state index in [0.29, 0.717) is 5.92 Å². The maximum absolute atomic E-state index is 12.6. The van der Waals surface area contributed by atoms with Gasteiger partial charge in [-0.1, -0.05) is 23.7 Å². The van der Waals surface area contributed by atoms with Crippen LogP contribution in [0.2, 0.25) is 5.02 Å². The molecule has 142 valence electrons. The van der Waals surface area contributed by atoms with Crippen LogP contribution in [0.1, 0.15) is 45.4 Å². The smallest absolute Gasteiger partial charge is 0.288 e. The quantitative estimate of drug-likeness (QED) is 0.726. The molecule has 2 aromatic heterocycles. The van der Waals surface area contributed by atoms with Gasteiger partial charge in [-0.3, -0.25) is 4.79 Å². The molecule has 1 saturated heterocycles. The summed E-state index contributed by atoms with van der Waals surface area (Å²) in [5.74, 6) is 1.43. The number of rotatable bonds is 2. The van der Waals surface area contributed by atoms with Crippen molar-refractivity contribution in [3.8, 4) is 0 Å². The van der Waals surface area contributed by atoms with Gasteiger partial charge in [-0.25, -0.2) is 9.67 Å². The van der Waals surface area contributed by atoms with E-state index in [2.05, 4.69) is 21.0 Å². The molecular formula is C20H24ClN5O. The molecule has 3 aromatic rings. The number of imidazole rings is 1. The lowest BCUT2D eigenvalue weighted by atomic mass is 9.96. The van der Waals surface area contributed by atoms with Gasteiger partial charge in [0.2, 0.25) is 0 Å². The minimum atomic E-state index is -0.395. The monoisotopic (exact) mass is 385 g/mol. The van der Waals surface area contributed by atoms with Crippen LogP contribution in [0.25, 0.3) is 11.0 Å². The summed E-state index contributed by atoms with van der Waals surface area (Å²) in [7, 11) is 0. The molecule has 0 bridgehead atoms. The van der Waals surface area contributed by atoms with Gasteiger partial charge in [-0.15, -0.1) is 0 Å². The third-order valence-electron chi connectivity index (χ3n) is 5.17. The van der Waals surface area contributed by atoms with Gasteiger partial charge in [0.1, 0.15) is 10.8 Å². The highest BCUT2D eigenvalue weighted by Crippen LogP contribution is 2.32. The fourth-order valence-electron chi connectivity index (χ4n) is 3.68. The summed E-state index contributed by atoms with van der Waals surface area (Å²) >= 11 is 6.41. The van der Waals surface area contributed by atoms with E-state index in [1.807, 2.05) is 39.0 Å². The van der Waals surface area contributed by atoms with E-state index in [1.165, 1.54) is 4.68 Å². The van der Waals surface area contributed by atoms with Crippen LogP contribution in [0.15, 0.2) is 35.3 Å². The van der Waals surface area contributed by atoms with Crippen LogP contribution in [-0.4, -0.2) is 32.8 Å². The maximum atomic E-state index is 12.6. The Hall–Kier alpha value is -2.34. The number of para-hydroxylation sites is 2. The number of hydrogen-bond acceptors (Lipinski definition) is 4. The number of fused-ring (bicyclic) bond motifs is 1. The van der Waals surface area contributed by atoms with Gasteiger partial charge in [0, 0.05) is 19.0 Å². The van der Waals surface area contributed by atoms with Gasteiger partial charge in [0.15, 0.2) is 0 Å². The Morgan fingerprint density at radius 3 is 2.56 bits per heavy atom. The minimum Gasteiger partial charge on any atom is -0.369 e. The fourth-order valence-corrected chi connectivity index (χ4v) is 3.93. The fraction of sp³-hybridized carbons (Fsp3) is 0.450. The van der Waals surface area contributed by atoms with E-state index < -0.39 is 5.54 Å². The van der Waals surface area contributed by atoms with Gasteiger partial charge >= 0.3 is 0 Å². The largest absolute Gasteiger partial charge is 0.369 e. The molecule has 0 amide bonds. The summed E-state index contributed by atoms with van der Waals surface area (Å²) in [5.41, 5.74) is 2.18. The first-order valence-electron chi connectivity index (χ1n) is 9.32. The van der Waals surface area contributed by atoms with E-state index in [4.69, 9.17) is 16.6 Å². The van der Waals surface area contributed by atoms with Gasteiger partial charge in [0.25, 0.3) is 5.56 Å². The predicted octanol–water partition coefficient (Wildman–Crippen LogP) is 3.91. The van der Waals surface area contributed by atoms with Crippen LogP contribution in [0.4, 0.5) is 5.69 Å². The standard InChI is InChI=1S/C20H24ClN5O/c1-20(2,3)26-19(27)17(21)16(12-22-26)25-10-8-13(9-11-25)18-23-14-6-4-5-7-15(14)24-18/h4-7,12-13H,8-11H2,1-3H3,(H,23,24). The van der Waals surface area contributed by atoms with Crippen molar-refractivity contribution in [2.75, 3.05) is 18.0 Å². The number of nitrogens with zero attached hydrogens (tertiary/aromatic N) is 4. The van der Waals surface area contributed by atoms with Crippen LogP contribution in [0.3, 0.4) is 0 Å². The van der Waals surface area contributed by atoms with Crippen LogP contribution in [0.5, 0.6) is 0 Å². The van der Waals surface area contributed by atoms with Crippen molar-refractivity contribution in [2.24, 2.45) is 0 Å². The molecule has 1 aliphatic rings. The van der Waals surface area contributed by atoms with Crippen LogP contribution in [-0.2, 0) is 5.54 Å². The van der Waals surface area contributed by atoms with E-state index in [9.17, 15) is 4.79 Å². The van der Waals surface area contributed by atoms with Crippen molar-refractivity contribution >= 4 is 28.3 Å². The average Bonchev–Trinajstić information content (AvgIpc) is 3.07. The normalized spacial score (nSPS) is 16.2. The van der Waals surface area contributed by atoms with E-state index in [1.54, 1.807) is 6.20 Å². The zero-order chi connectivity index (χ0) is 19.2. The predicted molar refractivity (Wildman–Crippen MR) is 109 cm³/mol. The number of H-pyrrole nitrogens is 1. The Kier molecular flexibility index (Phi) is 4.46. The molecule has 0 atom stereocenters. The van der Waals surface area contributed by atoms with Crippen LogP contribution >= 0.6 is 11.6 Å². The highest BCUT2D eigenvalue weighted by Gasteiger charge is 2.26. The number of benzene rings is 1. The zero-order valence-corrected chi connectivity index (χ0v) is 16.6. The lowest BCUT2D eigenvalue weighted by Gasteiger charge is -2.33. The Balaban J connectivity index is 1.52. The molecule has 1 N–H and O–H groups in total. The van der Waals surface area contributed by atoms with Crippen LogP contribution in [0, 0.1) is 0 Å². The SMILES string of the molecule is CC(C)(C)n1ncc(N2CCC(c3nc4ccccc4[nH]3)CC2)c(Cl)c1=O. The zero-order valence-electron chi connectivity index (χ0n) is 15.9. The Labute approximate surface area is 163 Å². The molecule has 0 radical (unpaired) electrons. The topological polar surface area (TPSA) is 66.8 Å². The van der Waals surface area contributed by atoms with E-state index in [-0.39, 0.29) is 10.6 Å². The van der Waals surface area contributed by atoms with Crippen molar-refractivity contribution < 1.29 is 0 Å². The molecule has 1 aromatic carbocycles. The molecule has 7 heteroatoms. The molecule has 6 nitrogen and oxygen atoms in total. The van der Waals surface area contributed by atoms with Gasteiger partial charge in [-0.05, 0) is 45.7 Å². The summed E-state index contributed by atoms with van der Waals surface area (Å²) in [6.07, 6.45) is 3.63. The van der Waals surface area contributed by atoms with Crippen molar-refractivity contribution in [2.45, 2.75) is 45.1 Å². The lowest BCUT2D eigenvalue weighted by Crippen LogP contribution is -2.39. The molecule has 0 aliphatic carbocycles. The number of piperidine rings is 1. The number of halogens is 1. The third-order valence-corrected chi connectivity index (χ3v) is 5.52. The molecule has 4 rings (SSSR count). The highest BCUT2D eigenvalue weighted by molar-refractivity contribution is 6.33. The molecule has 0 unspecified atom stereocenters. The first-order chi connectivity index (χ1) is 12.8. The van der Waals surface area contributed by atoms with Crippen LogP contribution < -0.4 is 10.5 Å². The van der Waals surface area contributed by atoms with Gasteiger partial charge < -0.3 is 9.88 Å². The second-order valence-electron chi connectivity index (χ2n) is 8.13. The Morgan fingerprint density at radius 2 is 1.89 bits per heavy atom. The van der Waals surface area contributed by atoms with E-state index in [0.717, 1.165) is 48.5 Å². The first kappa shape index (κ1) is 18.0. The molecular weight excluding hydrogens is 362 g/mol. The van der Waals surface area contributed by atoms with Crippen molar-refractivity contribution in [3.63, 3.8) is 0 Å². The molecule has 1 aliphatic heterocycles. The number of hydrogen-bond donors (Lipinski definition) is 1. The number of anilines is 1. The summed E-state index contributed by atoms with van der Waals surface area (Å²) < 4.78 is 1.44. The molecule has 0 saturated carbocycles. The van der Waals surface area contributed by atoms with Crippen molar-refractivity contribution in [1.82, 2.24) is 19.7 Å². The van der Waals surface area contributed by atoms with E-state index >= 15 is 0 Å². The second kappa shape index (κ2) is 6.68. The maximum Gasteiger partial charge on any atom is 0.288 e. The highest BCUT2D eigenvalue weighted by atomic mass is 35.5. The molecule has 3 heterocycles. The lowest BCUT2D eigenvalue weighted by molar-refractivity contribution is 0.337. The van der Waals surface area contributed by atoms with Crippen molar-refractivity contribution in [1.29, 1.82) is 0 Å². The summed E-state index contributed by atoms with van der Waals surface area (Å²) in [5, 5.41) is 4.60. The first-order valence-corrected chi connectivity index (χ1v) is 9.70. The molecule has 0 spiro atoms.